The van der Waals surface area contributed by atoms with E-state index in [4.69, 9.17) is 5.11 Å². The van der Waals surface area contributed by atoms with Crippen molar-refractivity contribution in [1.29, 1.82) is 0 Å². The van der Waals surface area contributed by atoms with Gasteiger partial charge in [-0.3, -0.25) is 0 Å². The predicted molar refractivity (Wildman–Crippen MR) is 64.1 cm³/mol. The molecule has 1 unspecified atom stereocenters. The SMILES string of the molecule is CCCC(Nc1cccc(Br)c1)C(=O)O. The number of carboxylic acids is 1. The van der Waals surface area contributed by atoms with Gasteiger partial charge in [0.25, 0.3) is 0 Å². The largest absolute Gasteiger partial charge is 0.480 e. The van der Waals surface area contributed by atoms with Gasteiger partial charge in [-0.2, -0.15) is 0 Å². The Morgan fingerprint density at radius 2 is 2.33 bits per heavy atom. The van der Waals surface area contributed by atoms with Gasteiger partial charge in [0.05, 0.1) is 0 Å². The maximum absolute atomic E-state index is 10.9. The maximum atomic E-state index is 10.9. The highest BCUT2D eigenvalue weighted by Crippen LogP contribution is 2.17. The van der Waals surface area contributed by atoms with E-state index in [0.29, 0.717) is 6.42 Å². The Balaban J connectivity index is 2.69. The zero-order valence-corrected chi connectivity index (χ0v) is 10.1. The summed E-state index contributed by atoms with van der Waals surface area (Å²) in [6, 6.07) is 6.99. The third kappa shape index (κ3) is 3.91. The minimum absolute atomic E-state index is 0.510. The molecule has 0 amide bonds. The Labute approximate surface area is 97.6 Å². The first-order valence-electron chi connectivity index (χ1n) is 4.88. The number of aliphatic carboxylic acids is 1. The third-order valence-corrected chi connectivity index (χ3v) is 2.53. The summed E-state index contributed by atoms with van der Waals surface area (Å²) in [7, 11) is 0. The van der Waals surface area contributed by atoms with E-state index < -0.39 is 12.0 Å². The van der Waals surface area contributed by atoms with Crippen molar-refractivity contribution < 1.29 is 9.90 Å². The van der Waals surface area contributed by atoms with Crippen LogP contribution >= 0.6 is 15.9 Å². The number of benzene rings is 1. The van der Waals surface area contributed by atoms with Crippen LogP contribution in [0.1, 0.15) is 19.8 Å². The van der Waals surface area contributed by atoms with Crippen LogP contribution in [0.2, 0.25) is 0 Å². The third-order valence-electron chi connectivity index (χ3n) is 2.04. The number of nitrogens with one attached hydrogen (secondary N) is 1. The van der Waals surface area contributed by atoms with Crippen LogP contribution in [0, 0.1) is 0 Å². The minimum Gasteiger partial charge on any atom is -0.480 e. The lowest BCUT2D eigenvalue weighted by atomic mass is 10.1. The molecule has 0 radical (unpaired) electrons. The van der Waals surface area contributed by atoms with Crippen LogP contribution in [0.25, 0.3) is 0 Å². The number of hydrogen-bond donors (Lipinski definition) is 2. The van der Waals surface area contributed by atoms with Gasteiger partial charge in [0.1, 0.15) is 6.04 Å². The van der Waals surface area contributed by atoms with E-state index in [-0.39, 0.29) is 0 Å². The molecule has 0 aliphatic heterocycles. The maximum Gasteiger partial charge on any atom is 0.326 e. The smallest absolute Gasteiger partial charge is 0.326 e. The van der Waals surface area contributed by atoms with Crippen molar-refractivity contribution >= 4 is 27.6 Å². The Hall–Kier alpha value is -1.03. The first kappa shape index (κ1) is 12.0. The van der Waals surface area contributed by atoms with Gasteiger partial charge < -0.3 is 10.4 Å². The molecule has 4 heteroatoms. The highest BCUT2D eigenvalue weighted by Gasteiger charge is 2.15. The molecular formula is C11H14BrNO2. The van der Waals surface area contributed by atoms with Gasteiger partial charge in [-0.05, 0) is 24.6 Å². The first-order valence-corrected chi connectivity index (χ1v) is 5.67. The van der Waals surface area contributed by atoms with Crippen molar-refractivity contribution in [1.82, 2.24) is 0 Å². The van der Waals surface area contributed by atoms with Crippen LogP contribution in [0.4, 0.5) is 5.69 Å². The highest BCUT2D eigenvalue weighted by molar-refractivity contribution is 9.10. The van der Waals surface area contributed by atoms with Gasteiger partial charge in [-0.15, -0.1) is 0 Å². The molecule has 0 heterocycles. The van der Waals surface area contributed by atoms with Gasteiger partial charge in [0, 0.05) is 10.2 Å². The van der Waals surface area contributed by atoms with Crippen molar-refractivity contribution in [2.45, 2.75) is 25.8 Å². The lowest BCUT2D eigenvalue weighted by Crippen LogP contribution is -2.28. The van der Waals surface area contributed by atoms with Crippen LogP contribution in [-0.2, 0) is 4.79 Å². The molecule has 15 heavy (non-hydrogen) atoms. The second-order valence-electron chi connectivity index (χ2n) is 3.33. The molecule has 2 N–H and O–H groups in total. The highest BCUT2D eigenvalue weighted by atomic mass is 79.9. The standard InChI is InChI=1S/C11H14BrNO2/c1-2-4-10(11(14)15)13-9-6-3-5-8(12)7-9/h3,5-7,10,13H,2,4H2,1H3,(H,14,15). The fraction of sp³-hybridized carbons (Fsp3) is 0.364. The molecule has 0 aliphatic rings. The molecule has 1 aromatic carbocycles. The average Bonchev–Trinajstić information content (AvgIpc) is 2.17. The molecule has 0 aromatic heterocycles. The molecule has 0 saturated heterocycles. The van der Waals surface area contributed by atoms with Gasteiger partial charge in [-0.1, -0.05) is 35.3 Å². The summed E-state index contributed by atoms with van der Waals surface area (Å²) in [4.78, 5) is 10.9. The van der Waals surface area contributed by atoms with Crippen LogP contribution in [-0.4, -0.2) is 17.1 Å². The number of hydrogen-bond acceptors (Lipinski definition) is 2. The minimum atomic E-state index is -0.808. The summed E-state index contributed by atoms with van der Waals surface area (Å²) in [5.74, 6) is -0.808. The Kier molecular flexibility index (Phi) is 4.62. The zero-order chi connectivity index (χ0) is 11.3. The lowest BCUT2D eigenvalue weighted by Gasteiger charge is -2.14. The molecular weight excluding hydrogens is 258 g/mol. The summed E-state index contributed by atoms with van der Waals surface area (Å²) in [6.07, 6.45) is 1.47. The molecule has 0 bridgehead atoms. The van der Waals surface area contributed by atoms with E-state index >= 15 is 0 Å². The second-order valence-corrected chi connectivity index (χ2v) is 4.25. The van der Waals surface area contributed by atoms with E-state index in [1.54, 1.807) is 0 Å². The summed E-state index contributed by atoms with van der Waals surface area (Å²) in [5, 5.41) is 12.0. The molecule has 3 nitrogen and oxygen atoms in total. The molecule has 0 spiro atoms. The summed E-state index contributed by atoms with van der Waals surface area (Å²) in [6.45, 7) is 1.97. The number of carboxylic acid groups (broad SMARTS) is 1. The van der Waals surface area contributed by atoms with E-state index in [9.17, 15) is 4.79 Å². The first-order chi connectivity index (χ1) is 7.13. The molecule has 1 aromatic rings. The molecule has 1 atom stereocenters. The van der Waals surface area contributed by atoms with Crippen LogP contribution < -0.4 is 5.32 Å². The molecule has 0 aliphatic carbocycles. The lowest BCUT2D eigenvalue weighted by molar-refractivity contribution is -0.138. The molecule has 0 fully saturated rings. The van der Waals surface area contributed by atoms with Gasteiger partial charge >= 0.3 is 5.97 Å². The fourth-order valence-corrected chi connectivity index (χ4v) is 1.72. The Morgan fingerprint density at radius 3 is 2.87 bits per heavy atom. The Morgan fingerprint density at radius 1 is 1.60 bits per heavy atom. The topological polar surface area (TPSA) is 49.3 Å². The number of anilines is 1. The normalized spacial score (nSPS) is 12.1. The summed E-state index contributed by atoms with van der Waals surface area (Å²) in [5.41, 5.74) is 0.824. The van der Waals surface area contributed by atoms with E-state index in [0.717, 1.165) is 16.6 Å². The number of halogens is 1. The van der Waals surface area contributed by atoms with Crippen molar-refractivity contribution in [2.24, 2.45) is 0 Å². The summed E-state index contributed by atoms with van der Waals surface area (Å²) < 4.78 is 0.938. The Bertz CT molecular complexity index is 341. The zero-order valence-electron chi connectivity index (χ0n) is 8.53. The van der Waals surface area contributed by atoms with Gasteiger partial charge in [-0.25, -0.2) is 4.79 Å². The molecule has 0 saturated carbocycles. The van der Waals surface area contributed by atoms with E-state index in [1.807, 2.05) is 31.2 Å². The quantitative estimate of drug-likeness (QED) is 0.865. The van der Waals surface area contributed by atoms with Crippen molar-refractivity contribution in [3.8, 4) is 0 Å². The summed E-state index contributed by atoms with van der Waals surface area (Å²) >= 11 is 3.34. The molecule has 1 rings (SSSR count). The van der Waals surface area contributed by atoms with Gasteiger partial charge in [0.2, 0.25) is 0 Å². The van der Waals surface area contributed by atoms with Crippen molar-refractivity contribution in [2.75, 3.05) is 5.32 Å². The van der Waals surface area contributed by atoms with Crippen molar-refractivity contribution in [3.05, 3.63) is 28.7 Å². The van der Waals surface area contributed by atoms with Crippen LogP contribution in [0.3, 0.4) is 0 Å². The second kappa shape index (κ2) is 5.75. The van der Waals surface area contributed by atoms with Crippen LogP contribution in [0.5, 0.6) is 0 Å². The monoisotopic (exact) mass is 271 g/mol. The van der Waals surface area contributed by atoms with Crippen LogP contribution in [0.15, 0.2) is 28.7 Å². The van der Waals surface area contributed by atoms with Gasteiger partial charge in [0.15, 0.2) is 0 Å². The van der Waals surface area contributed by atoms with Crippen molar-refractivity contribution in [3.63, 3.8) is 0 Å². The number of carbonyl (C=O) groups is 1. The fourth-order valence-electron chi connectivity index (χ4n) is 1.33. The average molecular weight is 272 g/mol. The molecule has 82 valence electrons. The predicted octanol–water partition coefficient (Wildman–Crippen LogP) is 3.11. The number of rotatable bonds is 5. The van der Waals surface area contributed by atoms with E-state index in [1.165, 1.54) is 0 Å². The van der Waals surface area contributed by atoms with E-state index in [2.05, 4.69) is 21.2 Å².